The first-order chi connectivity index (χ1) is 8.49. The highest BCUT2D eigenvalue weighted by atomic mass is 32.2. The van der Waals surface area contributed by atoms with Gasteiger partial charge in [-0.15, -0.1) is 0 Å². The standard InChI is InChI=1S/C13H20N2O2S/c1-11(10-18(3)17)15(2)9-13(16)14-12-7-5-4-6-8-12/h4-8,11H,9-10H2,1-3H3,(H,14,16). The van der Waals surface area contributed by atoms with Gasteiger partial charge in [0.2, 0.25) is 5.91 Å². The van der Waals surface area contributed by atoms with Gasteiger partial charge in [0.1, 0.15) is 0 Å². The second-order valence-corrected chi connectivity index (χ2v) is 5.90. The molecular weight excluding hydrogens is 248 g/mol. The second-order valence-electron chi connectivity index (χ2n) is 4.42. The van der Waals surface area contributed by atoms with Gasteiger partial charge in [-0.1, -0.05) is 18.2 Å². The third kappa shape index (κ3) is 5.42. The summed E-state index contributed by atoms with van der Waals surface area (Å²) in [7, 11) is 1.02. The number of amides is 1. The zero-order valence-electron chi connectivity index (χ0n) is 11.1. The molecule has 1 rings (SSSR count). The summed E-state index contributed by atoms with van der Waals surface area (Å²) in [5.41, 5.74) is 0.794. The van der Waals surface area contributed by atoms with Crippen molar-refractivity contribution in [1.82, 2.24) is 4.90 Å². The Morgan fingerprint density at radius 1 is 1.39 bits per heavy atom. The molecule has 2 unspecified atom stereocenters. The first kappa shape index (κ1) is 14.9. The molecule has 0 saturated carbocycles. The van der Waals surface area contributed by atoms with Crippen LogP contribution >= 0.6 is 0 Å². The lowest BCUT2D eigenvalue weighted by atomic mass is 10.3. The van der Waals surface area contributed by atoms with E-state index in [-0.39, 0.29) is 11.9 Å². The lowest BCUT2D eigenvalue weighted by molar-refractivity contribution is -0.117. The number of hydrogen-bond donors (Lipinski definition) is 1. The van der Waals surface area contributed by atoms with E-state index in [1.54, 1.807) is 6.26 Å². The van der Waals surface area contributed by atoms with Crippen molar-refractivity contribution in [3.05, 3.63) is 30.3 Å². The van der Waals surface area contributed by atoms with E-state index in [4.69, 9.17) is 0 Å². The number of carbonyl (C=O) groups is 1. The molecule has 0 aliphatic carbocycles. The van der Waals surface area contributed by atoms with Crippen molar-refractivity contribution < 1.29 is 9.00 Å². The minimum Gasteiger partial charge on any atom is -0.325 e. The molecule has 5 heteroatoms. The van der Waals surface area contributed by atoms with Crippen LogP contribution in [0.5, 0.6) is 0 Å². The normalized spacial score (nSPS) is 14.2. The summed E-state index contributed by atoms with van der Waals surface area (Å²) in [6.07, 6.45) is 1.67. The van der Waals surface area contributed by atoms with Gasteiger partial charge in [-0.25, -0.2) is 0 Å². The van der Waals surface area contributed by atoms with Gasteiger partial charge in [0.15, 0.2) is 0 Å². The molecule has 0 radical (unpaired) electrons. The summed E-state index contributed by atoms with van der Waals surface area (Å²) in [6.45, 7) is 2.27. The van der Waals surface area contributed by atoms with Gasteiger partial charge in [0, 0.05) is 34.5 Å². The molecule has 4 nitrogen and oxygen atoms in total. The lowest BCUT2D eigenvalue weighted by Crippen LogP contribution is -2.39. The molecule has 0 heterocycles. The van der Waals surface area contributed by atoms with E-state index in [9.17, 15) is 9.00 Å². The fraction of sp³-hybridized carbons (Fsp3) is 0.462. The predicted molar refractivity (Wildman–Crippen MR) is 76.1 cm³/mol. The van der Waals surface area contributed by atoms with Gasteiger partial charge in [0.25, 0.3) is 0 Å². The van der Waals surface area contributed by atoms with Gasteiger partial charge in [0.05, 0.1) is 6.54 Å². The smallest absolute Gasteiger partial charge is 0.238 e. The fourth-order valence-corrected chi connectivity index (χ4v) is 2.51. The molecule has 0 spiro atoms. The Labute approximate surface area is 111 Å². The molecule has 0 saturated heterocycles. The van der Waals surface area contributed by atoms with Crippen LogP contribution in [0.25, 0.3) is 0 Å². The molecule has 1 aromatic rings. The van der Waals surface area contributed by atoms with Crippen LogP contribution in [-0.2, 0) is 15.6 Å². The number of nitrogens with one attached hydrogen (secondary N) is 1. The zero-order chi connectivity index (χ0) is 13.5. The highest BCUT2D eigenvalue weighted by molar-refractivity contribution is 7.84. The molecule has 2 atom stereocenters. The zero-order valence-corrected chi connectivity index (χ0v) is 11.9. The summed E-state index contributed by atoms with van der Waals surface area (Å²) in [5, 5.41) is 2.82. The molecule has 0 aromatic heterocycles. The van der Waals surface area contributed by atoms with Crippen LogP contribution in [0, 0.1) is 0 Å². The Bertz CT molecular complexity index is 409. The van der Waals surface area contributed by atoms with Crippen molar-refractivity contribution >= 4 is 22.4 Å². The quantitative estimate of drug-likeness (QED) is 0.846. The van der Waals surface area contributed by atoms with Gasteiger partial charge < -0.3 is 5.32 Å². The molecule has 0 fully saturated rings. The summed E-state index contributed by atoms with van der Waals surface area (Å²) in [5.74, 6) is 0.521. The Hall–Kier alpha value is -1.20. The molecule has 1 aromatic carbocycles. The second kappa shape index (κ2) is 7.28. The number of carbonyl (C=O) groups excluding carboxylic acids is 1. The topological polar surface area (TPSA) is 49.4 Å². The Kier molecular flexibility index (Phi) is 6.01. The SMILES string of the molecule is CC(CS(C)=O)N(C)CC(=O)Nc1ccccc1. The highest BCUT2D eigenvalue weighted by Crippen LogP contribution is 2.05. The highest BCUT2D eigenvalue weighted by Gasteiger charge is 2.14. The number of likely N-dealkylation sites (N-methyl/N-ethyl adjacent to an activating group) is 1. The summed E-state index contributed by atoms with van der Waals surface area (Å²) < 4.78 is 11.1. The van der Waals surface area contributed by atoms with Crippen LogP contribution in [0.15, 0.2) is 30.3 Å². The maximum atomic E-state index is 11.8. The van der Waals surface area contributed by atoms with Crippen molar-refractivity contribution in [2.24, 2.45) is 0 Å². The first-order valence-corrected chi connectivity index (χ1v) is 7.57. The predicted octanol–water partition coefficient (Wildman–Crippen LogP) is 1.32. The van der Waals surface area contributed by atoms with Crippen LogP contribution in [0.2, 0.25) is 0 Å². The van der Waals surface area contributed by atoms with Crippen LogP contribution in [0.4, 0.5) is 5.69 Å². The van der Waals surface area contributed by atoms with Gasteiger partial charge in [-0.2, -0.15) is 0 Å². The van der Waals surface area contributed by atoms with Crippen LogP contribution in [-0.4, -0.2) is 46.7 Å². The van der Waals surface area contributed by atoms with E-state index in [1.165, 1.54) is 0 Å². The molecule has 0 aliphatic rings. The average Bonchev–Trinajstić information content (AvgIpc) is 2.29. The summed E-state index contributed by atoms with van der Waals surface area (Å²) in [4.78, 5) is 13.7. The molecule has 18 heavy (non-hydrogen) atoms. The van der Waals surface area contributed by atoms with Crippen molar-refractivity contribution in [1.29, 1.82) is 0 Å². The number of anilines is 1. The van der Waals surface area contributed by atoms with Gasteiger partial charge in [-0.05, 0) is 26.1 Å². The molecule has 100 valence electrons. The van der Waals surface area contributed by atoms with Crippen molar-refractivity contribution in [3.8, 4) is 0 Å². The molecule has 1 N–H and O–H groups in total. The Balaban J connectivity index is 2.42. The van der Waals surface area contributed by atoms with E-state index >= 15 is 0 Å². The maximum Gasteiger partial charge on any atom is 0.238 e. The number of nitrogens with zero attached hydrogens (tertiary/aromatic N) is 1. The minimum absolute atomic E-state index is 0.0579. The number of rotatable bonds is 6. The first-order valence-electron chi connectivity index (χ1n) is 5.84. The third-order valence-corrected chi connectivity index (χ3v) is 3.63. The van der Waals surface area contributed by atoms with E-state index in [1.807, 2.05) is 49.2 Å². The molecule has 1 amide bonds. The average molecular weight is 268 g/mol. The van der Waals surface area contributed by atoms with Gasteiger partial charge in [-0.3, -0.25) is 13.9 Å². The van der Waals surface area contributed by atoms with Crippen LogP contribution in [0.3, 0.4) is 0 Å². The van der Waals surface area contributed by atoms with Crippen molar-refractivity contribution in [2.45, 2.75) is 13.0 Å². The van der Waals surface area contributed by atoms with Gasteiger partial charge >= 0.3 is 0 Å². The summed E-state index contributed by atoms with van der Waals surface area (Å²) in [6, 6.07) is 9.48. The Morgan fingerprint density at radius 2 is 2.00 bits per heavy atom. The maximum absolute atomic E-state index is 11.8. The van der Waals surface area contributed by atoms with Crippen molar-refractivity contribution in [2.75, 3.05) is 30.9 Å². The van der Waals surface area contributed by atoms with Crippen LogP contribution in [0.1, 0.15) is 6.92 Å². The largest absolute Gasteiger partial charge is 0.325 e. The summed E-state index contributed by atoms with van der Waals surface area (Å²) >= 11 is 0. The van der Waals surface area contributed by atoms with Crippen molar-refractivity contribution in [3.63, 3.8) is 0 Å². The van der Waals surface area contributed by atoms with E-state index in [0.29, 0.717) is 12.3 Å². The monoisotopic (exact) mass is 268 g/mol. The minimum atomic E-state index is -0.842. The van der Waals surface area contributed by atoms with E-state index < -0.39 is 10.8 Å². The lowest BCUT2D eigenvalue weighted by Gasteiger charge is -2.23. The third-order valence-electron chi connectivity index (χ3n) is 2.68. The molecular formula is C13H20N2O2S. The fourth-order valence-electron chi connectivity index (χ4n) is 1.57. The van der Waals surface area contributed by atoms with E-state index in [2.05, 4.69) is 5.32 Å². The molecule has 0 aliphatic heterocycles. The van der Waals surface area contributed by atoms with Crippen LogP contribution < -0.4 is 5.32 Å². The Morgan fingerprint density at radius 3 is 2.56 bits per heavy atom. The molecule has 0 bridgehead atoms. The number of benzene rings is 1. The van der Waals surface area contributed by atoms with E-state index in [0.717, 1.165) is 5.69 Å². The number of para-hydroxylation sites is 1. The number of hydrogen-bond acceptors (Lipinski definition) is 3.